The molecule has 2 N–H and O–H groups in total. The molecule has 0 unspecified atom stereocenters. The van der Waals surface area contributed by atoms with E-state index in [0.717, 1.165) is 63.3 Å². The topological polar surface area (TPSA) is 84.2 Å². The summed E-state index contributed by atoms with van der Waals surface area (Å²) < 4.78 is 5.48. The van der Waals surface area contributed by atoms with Gasteiger partial charge in [-0.25, -0.2) is 0 Å². The van der Waals surface area contributed by atoms with E-state index in [-0.39, 0.29) is 11.8 Å². The molecule has 0 aliphatic carbocycles. The van der Waals surface area contributed by atoms with E-state index in [1.807, 2.05) is 35.4 Å². The first-order valence-electron chi connectivity index (χ1n) is 13.0. The van der Waals surface area contributed by atoms with Crippen LogP contribution in [0.15, 0.2) is 30.5 Å². The van der Waals surface area contributed by atoms with Gasteiger partial charge in [-0.1, -0.05) is 6.07 Å². The first-order chi connectivity index (χ1) is 17.1. The predicted octanol–water partition coefficient (Wildman–Crippen LogP) is 0.837. The van der Waals surface area contributed by atoms with Gasteiger partial charge in [0.2, 0.25) is 5.91 Å². The summed E-state index contributed by atoms with van der Waals surface area (Å²) in [5.41, 5.74) is 1.48. The van der Waals surface area contributed by atoms with Crippen molar-refractivity contribution in [2.45, 2.75) is 24.9 Å². The SMILES string of the molecule is CN1CCC(N2CCN(C(=O)[C@@H](CN3CCOCC3)NC(=O)c3ccc4cc[nH]c4c3)CC2)CC1. The summed E-state index contributed by atoms with van der Waals surface area (Å²) in [6.07, 6.45) is 4.26. The van der Waals surface area contributed by atoms with E-state index in [1.54, 1.807) is 0 Å². The zero-order valence-corrected chi connectivity index (χ0v) is 20.7. The summed E-state index contributed by atoms with van der Waals surface area (Å²) in [5.74, 6) is -0.188. The van der Waals surface area contributed by atoms with Crippen molar-refractivity contribution in [3.8, 4) is 0 Å². The number of piperidine rings is 1. The molecule has 190 valence electrons. The molecule has 2 amide bonds. The minimum atomic E-state index is -0.574. The zero-order valence-electron chi connectivity index (χ0n) is 20.7. The second kappa shape index (κ2) is 11.1. The normalized spacial score (nSPS) is 22.4. The summed E-state index contributed by atoms with van der Waals surface area (Å²) in [6, 6.07) is 7.63. The zero-order chi connectivity index (χ0) is 24.2. The molecule has 0 spiro atoms. The smallest absolute Gasteiger partial charge is 0.252 e. The summed E-state index contributed by atoms with van der Waals surface area (Å²) >= 11 is 0. The third kappa shape index (κ3) is 5.86. The number of aromatic amines is 1. The fourth-order valence-corrected chi connectivity index (χ4v) is 5.55. The van der Waals surface area contributed by atoms with Crippen molar-refractivity contribution in [2.24, 2.45) is 0 Å². The van der Waals surface area contributed by atoms with E-state index in [1.165, 1.54) is 12.8 Å². The number of nitrogens with one attached hydrogen (secondary N) is 2. The highest BCUT2D eigenvalue weighted by Gasteiger charge is 2.33. The number of benzene rings is 1. The van der Waals surface area contributed by atoms with Gasteiger partial charge in [0.1, 0.15) is 6.04 Å². The highest BCUT2D eigenvalue weighted by Crippen LogP contribution is 2.18. The van der Waals surface area contributed by atoms with Crippen LogP contribution < -0.4 is 5.32 Å². The lowest BCUT2D eigenvalue weighted by molar-refractivity contribution is -0.136. The van der Waals surface area contributed by atoms with E-state index in [0.29, 0.717) is 31.4 Å². The van der Waals surface area contributed by atoms with Crippen LogP contribution in [0, 0.1) is 0 Å². The van der Waals surface area contributed by atoms with Gasteiger partial charge in [0.25, 0.3) is 5.91 Å². The number of piperazine rings is 1. The molecule has 9 heteroatoms. The molecular formula is C26H38N6O3. The number of carbonyl (C=O) groups excluding carboxylic acids is 2. The number of hydrogen-bond donors (Lipinski definition) is 2. The molecule has 1 aromatic carbocycles. The Bertz CT molecular complexity index is 1000. The van der Waals surface area contributed by atoms with Crippen molar-refractivity contribution in [1.82, 2.24) is 29.9 Å². The maximum Gasteiger partial charge on any atom is 0.252 e. The van der Waals surface area contributed by atoms with Gasteiger partial charge >= 0.3 is 0 Å². The van der Waals surface area contributed by atoms with Gasteiger partial charge in [0, 0.05) is 69.1 Å². The van der Waals surface area contributed by atoms with E-state index in [2.05, 4.69) is 32.0 Å². The van der Waals surface area contributed by atoms with Gasteiger partial charge in [-0.15, -0.1) is 0 Å². The highest BCUT2D eigenvalue weighted by molar-refractivity contribution is 6.00. The molecule has 3 saturated heterocycles. The second-order valence-corrected chi connectivity index (χ2v) is 10.1. The molecule has 0 saturated carbocycles. The monoisotopic (exact) mass is 482 g/mol. The van der Waals surface area contributed by atoms with Crippen LogP contribution in [0.3, 0.4) is 0 Å². The molecule has 9 nitrogen and oxygen atoms in total. The van der Waals surface area contributed by atoms with Crippen LogP contribution >= 0.6 is 0 Å². The summed E-state index contributed by atoms with van der Waals surface area (Å²) in [7, 11) is 2.19. The van der Waals surface area contributed by atoms with E-state index in [9.17, 15) is 9.59 Å². The highest BCUT2D eigenvalue weighted by atomic mass is 16.5. The van der Waals surface area contributed by atoms with Gasteiger partial charge < -0.3 is 24.8 Å². The number of H-pyrrole nitrogens is 1. The Morgan fingerprint density at radius 3 is 2.51 bits per heavy atom. The Morgan fingerprint density at radius 1 is 1.03 bits per heavy atom. The van der Waals surface area contributed by atoms with Crippen molar-refractivity contribution in [2.75, 3.05) is 79.2 Å². The van der Waals surface area contributed by atoms with Crippen LogP contribution in [0.1, 0.15) is 23.2 Å². The number of carbonyl (C=O) groups is 2. The molecule has 0 radical (unpaired) electrons. The van der Waals surface area contributed by atoms with Crippen LogP contribution in [-0.4, -0.2) is 128 Å². The molecule has 1 atom stereocenters. The van der Waals surface area contributed by atoms with Crippen LogP contribution in [0.5, 0.6) is 0 Å². The van der Waals surface area contributed by atoms with Gasteiger partial charge in [0.15, 0.2) is 0 Å². The van der Waals surface area contributed by atoms with Crippen molar-refractivity contribution in [3.05, 3.63) is 36.0 Å². The lowest BCUT2D eigenvalue weighted by atomic mass is 10.0. The molecule has 1 aromatic heterocycles. The summed E-state index contributed by atoms with van der Waals surface area (Å²) in [6.45, 7) is 8.91. The van der Waals surface area contributed by atoms with Crippen molar-refractivity contribution >= 4 is 22.7 Å². The molecule has 2 aromatic rings. The molecule has 3 aliphatic heterocycles. The van der Waals surface area contributed by atoms with Gasteiger partial charge in [0.05, 0.1) is 13.2 Å². The number of fused-ring (bicyclic) bond motifs is 1. The Kier molecular flexibility index (Phi) is 7.67. The molecule has 0 bridgehead atoms. The van der Waals surface area contributed by atoms with Crippen LogP contribution in [0.4, 0.5) is 0 Å². The van der Waals surface area contributed by atoms with Crippen molar-refractivity contribution in [1.29, 1.82) is 0 Å². The third-order valence-electron chi connectivity index (χ3n) is 7.80. The number of likely N-dealkylation sites (tertiary alicyclic amines) is 1. The maximum absolute atomic E-state index is 13.7. The molecule has 5 rings (SSSR count). The number of nitrogens with zero attached hydrogens (tertiary/aromatic N) is 4. The Morgan fingerprint density at radius 2 is 1.77 bits per heavy atom. The lowest BCUT2D eigenvalue weighted by Gasteiger charge is -2.43. The molecule has 4 heterocycles. The minimum Gasteiger partial charge on any atom is -0.379 e. The van der Waals surface area contributed by atoms with Crippen LogP contribution in [-0.2, 0) is 9.53 Å². The molecule has 35 heavy (non-hydrogen) atoms. The van der Waals surface area contributed by atoms with E-state index < -0.39 is 6.04 Å². The number of ether oxygens (including phenoxy) is 1. The Labute approximate surface area is 207 Å². The second-order valence-electron chi connectivity index (χ2n) is 10.1. The third-order valence-corrected chi connectivity index (χ3v) is 7.80. The molecule has 3 aliphatic rings. The lowest BCUT2D eigenvalue weighted by Crippen LogP contribution is -2.60. The average Bonchev–Trinajstić information content (AvgIpc) is 3.37. The van der Waals surface area contributed by atoms with E-state index >= 15 is 0 Å². The molecular weight excluding hydrogens is 444 g/mol. The predicted molar refractivity (Wildman–Crippen MR) is 135 cm³/mol. The fourth-order valence-electron chi connectivity index (χ4n) is 5.55. The quantitative estimate of drug-likeness (QED) is 0.635. The van der Waals surface area contributed by atoms with Gasteiger partial charge in [-0.2, -0.15) is 0 Å². The number of aromatic nitrogens is 1. The summed E-state index contributed by atoms with van der Waals surface area (Å²) in [5, 5.41) is 4.13. The number of amides is 2. The summed E-state index contributed by atoms with van der Waals surface area (Å²) in [4.78, 5) is 39.1. The number of morpholine rings is 1. The molecule has 3 fully saturated rings. The number of rotatable bonds is 6. The fraction of sp³-hybridized carbons (Fsp3) is 0.615. The largest absolute Gasteiger partial charge is 0.379 e. The Hall–Kier alpha value is -2.46. The minimum absolute atomic E-state index is 0.0221. The maximum atomic E-state index is 13.7. The first kappa shape index (κ1) is 24.2. The number of hydrogen-bond acceptors (Lipinski definition) is 6. The Balaban J connectivity index is 1.23. The van der Waals surface area contributed by atoms with Crippen molar-refractivity contribution < 1.29 is 14.3 Å². The van der Waals surface area contributed by atoms with E-state index in [4.69, 9.17) is 4.74 Å². The van der Waals surface area contributed by atoms with Crippen LogP contribution in [0.25, 0.3) is 10.9 Å². The van der Waals surface area contributed by atoms with Gasteiger partial charge in [-0.05, 0) is 56.6 Å². The van der Waals surface area contributed by atoms with Gasteiger partial charge in [-0.3, -0.25) is 19.4 Å². The van der Waals surface area contributed by atoms with Crippen molar-refractivity contribution in [3.63, 3.8) is 0 Å². The average molecular weight is 483 g/mol. The standard InChI is InChI=1S/C26H38N6O3/c1-29-8-5-22(6-9-29)31-10-12-32(13-11-31)26(34)24(19-30-14-16-35-17-15-30)28-25(33)21-3-2-20-4-7-27-23(20)18-21/h2-4,7,18,22,24,27H,5-6,8-17,19H2,1H3,(H,28,33)/t24-/m1/s1. The first-order valence-corrected chi connectivity index (χ1v) is 13.0. The van der Waals surface area contributed by atoms with Crippen LogP contribution in [0.2, 0.25) is 0 Å².